The number of alkyl halides is 3. The van der Waals surface area contributed by atoms with Crippen molar-refractivity contribution in [2.24, 2.45) is 4.99 Å². The van der Waals surface area contributed by atoms with Gasteiger partial charge in [-0.2, -0.15) is 13.2 Å². The number of ether oxygens (including phenoxy) is 1. The molecule has 3 aromatic rings. The number of aliphatic hydroxyl groups excluding tert-OH is 1. The molecule has 9 nitrogen and oxygen atoms in total. The maximum atomic E-state index is 13.2. The van der Waals surface area contributed by atoms with E-state index in [1.807, 2.05) is 25.7 Å². The van der Waals surface area contributed by atoms with Gasteiger partial charge in [0.1, 0.15) is 23.9 Å². The molecule has 2 unspecified atom stereocenters. The van der Waals surface area contributed by atoms with E-state index >= 15 is 0 Å². The van der Waals surface area contributed by atoms with Crippen LogP contribution in [0.25, 0.3) is 22.6 Å². The van der Waals surface area contributed by atoms with E-state index in [1.165, 1.54) is 0 Å². The van der Waals surface area contributed by atoms with Crippen LogP contribution >= 0.6 is 11.6 Å². The van der Waals surface area contributed by atoms with Gasteiger partial charge in [-0.25, -0.2) is 9.97 Å². The lowest BCUT2D eigenvalue weighted by Crippen LogP contribution is -2.41. The van der Waals surface area contributed by atoms with E-state index in [4.69, 9.17) is 30.8 Å². The first kappa shape index (κ1) is 28.2. The fraction of sp³-hybridized carbons (Fsp3) is 0.481. The molecule has 0 radical (unpaired) electrons. The van der Waals surface area contributed by atoms with Crippen molar-refractivity contribution < 1.29 is 27.5 Å². The maximum absolute atomic E-state index is 13.2. The number of anilines is 1. The Balaban J connectivity index is 1.55. The Bertz CT molecular complexity index is 1420. The molecule has 1 fully saturated rings. The third kappa shape index (κ3) is 5.46. The zero-order valence-electron chi connectivity index (χ0n) is 22.5. The molecule has 3 atom stereocenters. The Morgan fingerprint density at radius 3 is 2.65 bits per heavy atom. The number of rotatable bonds is 8. The van der Waals surface area contributed by atoms with E-state index in [1.54, 1.807) is 25.1 Å². The third-order valence-electron chi connectivity index (χ3n) is 7.11. The predicted octanol–water partition coefficient (Wildman–Crippen LogP) is 5.04. The van der Waals surface area contributed by atoms with E-state index in [2.05, 4.69) is 15.5 Å². The van der Waals surface area contributed by atoms with Crippen LogP contribution in [0.2, 0.25) is 5.02 Å². The Kier molecular flexibility index (Phi) is 7.66. The standard InChI is InChI=1S/C27H30ClF3N6O3/c1-5-6-16(38)12-39-17-7-8-19(28)18(9-17)24-34-23(22-14(3)36-40-15(22)4)13(2)25(35-24)37-10-20-21(11-37)33-26(32-20)27(29,30)31/h7-9,16,20-21,38H,5-6,10-12H2,1-4H3,(H,32,33)/t16-,20?,21?/m1/s1. The summed E-state index contributed by atoms with van der Waals surface area (Å²) in [6.45, 7) is 8.10. The molecule has 1 aromatic carbocycles. The Morgan fingerprint density at radius 1 is 1.23 bits per heavy atom. The van der Waals surface area contributed by atoms with Crippen LogP contribution in [0.15, 0.2) is 27.7 Å². The van der Waals surface area contributed by atoms with E-state index in [0.29, 0.717) is 57.1 Å². The van der Waals surface area contributed by atoms with E-state index < -0.39 is 30.2 Å². The highest BCUT2D eigenvalue weighted by atomic mass is 35.5. The zero-order chi connectivity index (χ0) is 28.8. The lowest BCUT2D eigenvalue weighted by Gasteiger charge is -2.23. The van der Waals surface area contributed by atoms with Crippen molar-refractivity contribution in [3.05, 3.63) is 40.2 Å². The van der Waals surface area contributed by atoms with Crippen LogP contribution in [0.3, 0.4) is 0 Å². The number of hydrogen-bond donors (Lipinski definition) is 2. The quantitative estimate of drug-likeness (QED) is 0.383. The average Bonchev–Trinajstić information content (AvgIpc) is 3.57. The monoisotopic (exact) mass is 578 g/mol. The second-order valence-electron chi connectivity index (χ2n) is 10.1. The first-order valence-electron chi connectivity index (χ1n) is 13.0. The summed E-state index contributed by atoms with van der Waals surface area (Å²) in [4.78, 5) is 15.5. The largest absolute Gasteiger partial charge is 0.491 e. The van der Waals surface area contributed by atoms with Crippen LogP contribution < -0.4 is 15.0 Å². The topological polar surface area (TPSA) is 109 Å². The van der Waals surface area contributed by atoms with Crippen molar-refractivity contribution in [1.29, 1.82) is 0 Å². The maximum Gasteiger partial charge on any atom is 0.448 e. The number of fused-ring (bicyclic) bond motifs is 1. The summed E-state index contributed by atoms with van der Waals surface area (Å²) in [5.41, 5.74) is 3.17. The molecule has 40 heavy (non-hydrogen) atoms. The molecule has 2 aliphatic heterocycles. The molecular formula is C27H30ClF3N6O3. The summed E-state index contributed by atoms with van der Waals surface area (Å²) < 4.78 is 50.8. The molecule has 2 aliphatic rings. The number of nitrogens with zero attached hydrogens (tertiary/aromatic N) is 5. The molecular weight excluding hydrogens is 549 g/mol. The summed E-state index contributed by atoms with van der Waals surface area (Å²) in [6, 6.07) is 4.04. The number of aryl methyl sites for hydroxylation is 2. The van der Waals surface area contributed by atoms with Gasteiger partial charge >= 0.3 is 6.18 Å². The van der Waals surface area contributed by atoms with E-state index in [9.17, 15) is 18.3 Å². The lowest BCUT2D eigenvalue weighted by atomic mass is 10.0. The molecule has 2 N–H and O–H groups in total. The number of amidine groups is 1. The number of aromatic nitrogens is 3. The van der Waals surface area contributed by atoms with Crippen LogP contribution in [0, 0.1) is 20.8 Å². The second kappa shape index (κ2) is 10.9. The lowest BCUT2D eigenvalue weighted by molar-refractivity contribution is -0.0613. The highest BCUT2D eigenvalue weighted by molar-refractivity contribution is 6.33. The van der Waals surface area contributed by atoms with Crippen molar-refractivity contribution >= 4 is 23.3 Å². The summed E-state index contributed by atoms with van der Waals surface area (Å²) in [5.74, 6) is 0.994. The van der Waals surface area contributed by atoms with Crippen molar-refractivity contribution in [2.45, 2.75) is 64.9 Å². The molecule has 0 saturated carbocycles. The first-order chi connectivity index (χ1) is 19.0. The Morgan fingerprint density at radius 2 is 2.00 bits per heavy atom. The highest BCUT2D eigenvalue weighted by Crippen LogP contribution is 2.38. The number of aliphatic imine (C=N–C) groups is 1. The minimum Gasteiger partial charge on any atom is -0.491 e. The molecule has 0 aliphatic carbocycles. The van der Waals surface area contributed by atoms with Crippen molar-refractivity contribution in [3.8, 4) is 28.4 Å². The van der Waals surface area contributed by atoms with Gasteiger partial charge in [0, 0.05) is 24.2 Å². The first-order valence-corrected chi connectivity index (χ1v) is 13.4. The van der Waals surface area contributed by atoms with Crippen molar-refractivity contribution in [3.63, 3.8) is 0 Å². The summed E-state index contributed by atoms with van der Waals surface area (Å²) in [7, 11) is 0. The SMILES string of the molecule is CCC[C@@H](O)COc1ccc(Cl)c(-c2nc(-c3c(C)noc3C)c(C)c(N3CC4N=C(C(F)(F)F)NC4C3)n2)c1. The van der Waals surface area contributed by atoms with Gasteiger partial charge < -0.3 is 24.6 Å². The minimum absolute atomic E-state index is 0.128. The van der Waals surface area contributed by atoms with Gasteiger partial charge in [0.25, 0.3) is 0 Å². The Labute approximate surface area is 234 Å². The smallest absolute Gasteiger partial charge is 0.448 e. The summed E-state index contributed by atoms with van der Waals surface area (Å²) in [5, 5.41) is 17.1. The van der Waals surface area contributed by atoms with Gasteiger partial charge in [0.05, 0.1) is 40.2 Å². The number of aliphatic hydroxyl groups is 1. The normalized spacial score (nSPS) is 19.4. The fourth-order valence-corrected chi connectivity index (χ4v) is 5.34. The van der Waals surface area contributed by atoms with Crippen LogP contribution in [-0.4, -0.2) is 70.1 Å². The number of halogens is 4. The molecule has 0 spiro atoms. The molecule has 4 heterocycles. The van der Waals surface area contributed by atoms with Gasteiger partial charge in [-0.1, -0.05) is 30.1 Å². The van der Waals surface area contributed by atoms with E-state index in [-0.39, 0.29) is 19.7 Å². The Hall–Kier alpha value is -3.38. The van der Waals surface area contributed by atoms with Crippen LogP contribution in [0.5, 0.6) is 5.75 Å². The van der Waals surface area contributed by atoms with Gasteiger partial charge in [-0.3, -0.25) is 4.99 Å². The van der Waals surface area contributed by atoms with Crippen LogP contribution in [-0.2, 0) is 0 Å². The summed E-state index contributed by atoms with van der Waals surface area (Å²) >= 11 is 6.61. The predicted molar refractivity (Wildman–Crippen MR) is 145 cm³/mol. The second-order valence-corrected chi connectivity index (χ2v) is 10.5. The highest BCUT2D eigenvalue weighted by Gasteiger charge is 2.47. The van der Waals surface area contributed by atoms with Gasteiger partial charge in [-0.05, 0) is 45.4 Å². The van der Waals surface area contributed by atoms with Crippen molar-refractivity contribution in [2.75, 3.05) is 24.6 Å². The zero-order valence-corrected chi connectivity index (χ0v) is 23.3. The van der Waals surface area contributed by atoms with Gasteiger partial charge in [0.2, 0.25) is 5.84 Å². The summed E-state index contributed by atoms with van der Waals surface area (Å²) in [6.07, 6.45) is -3.66. The molecule has 2 aromatic heterocycles. The van der Waals surface area contributed by atoms with Crippen LogP contribution in [0.1, 0.15) is 36.8 Å². The molecule has 214 valence electrons. The molecule has 5 rings (SSSR count). The van der Waals surface area contributed by atoms with Crippen molar-refractivity contribution in [1.82, 2.24) is 20.4 Å². The molecule has 1 saturated heterocycles. The van der Waals surface area contributed by atoms with Crippen LogP contribution in [0.4, 0.5) is 19.0 Å². The average molecular weight is 579 g/mol. The van der Waals surface area contributed by atoms with Gasteiger partial charge in [-0.15, -0.1) is 0 Å². The van der Waals surface area contributed by atoms with Gasteiger partial charge in [0.15, 0.2) is 5.82 Å². The molecule has 13 heteroatoms. The minimum atomic E-state index is -4.51. The number of hydrogen-bond acceptors (Lipinski definition) is 9. The third-order valence-corrected chi connectivity index (χ3v) is 7.44. The molecule has 0 amide bonds. The fourth-order valence-electron chi connectivity index (χ4n) is 5.14. The van der Waals surface area contributed by atoms with E-state index in [0.717, 1.165) is 12.0 Å². The number of nitrogens with one attached hydrogen (secondary N) is 1. The molecule has 0 bridgehead atoms. The number of benzene rings is 1.